The molecule has 0 saturated carbocycles. The molecule has 20 heavy (non-hydrogen) atoms. The largest absolute Gasteiger partial charge is 0.508 e. The summed E-state index contributed by atoms with van der Waals surface area (Å²) in [6, 6.07) is 12.8. The number of rotatable bonds is 2. The van der Waals surface area contributed by atoms with Crippen LogP contribution in [0.15, 0.2) is 36.4 Å². The van der Waals surface area contributed by atoms with Crippen LogP contribution in [0.3, 0.4) is 0 Å². The molecule has 0 spiro atoms. The summed E-state index contributed by atoms with van der Waals surface area (Å²) in [5.41, 5.74) is 6.58. The lowest BCUT2D eigenvalue weighted by Crippen LogP contribution is -2.31. The topological polar surface area (TPSA) is 32.3 Å². The molecule has 3 rings (SSSR count). The van der Waals surface area contributed by atoms with Gasteiger partial charge in [-0.2, -0.15) is 0 Å². The van der Waals surface area contributed by atoms with E-state index in [-0.39, 0.29) is 0 Å². The molecule has 0 bridgehead atoms. The minimum atomic E-state index is 0.298. The highest BCUT2D eigenvalue weighted by atomic mass is 16.3. The van der Waals surface area contributed by atoms with Crippen molar-refractivity contribution in [2.45, 2.75) is 32.7 Å². The number of fused-ring (bicyclic) bond motifs is 1. The van der Waals surface area contributed by atoms with Crippen LogP contribution in [-0.4, -0.2) is 11.7 Å². The van der Waals surface area contributed by atoms with Gasteiger partial charge in [0.15, 0.2) is 0 Å². The molecule has 1 atom stereocenters. The molecule has 2 aromatic rings. The van der Waals surface area contributed by atoms with E-state index >= 15 is 0 Å². The predicted molar refractivity (Wildman–Crippen MR) is 82.2 cm³/mol. The molecule has 0 aliphatic carbocycles. The summed E-state index contributed by atoms with van der Waals surface area (Å²) >= 11 is 0. The fraction of sp³-hybridized carbons (Fsp3) is 0.333. The third-order valence-electron chi connectivity index (χ3n) is 4.01. The first-order valence-corrected chi connectivity index (χ1v) is 7.24. The van der Waals surface area contributed by atoms with Crippen molar-refractivity contribution < 1.29 is 5.11 Å². The Bertz CT molecular complexity index is 613. The molecule has 0 fully saturated rings. The minimum Gasteiger partial charge on any atom is -0.508 e. The van der Waals surface area contributed by atoms with Crippen LogP contribution in [0.25, 0.3) is 0 Å². The van der Waals surface area contributed by atoms with Gasteiger partial charge in [-0.25, -0.2) is 0 Å². The lowest BCUT2D eigenvalue weighted by Gasteiger charge is -2.27. The maximum atomic E-state index is 9.73. The molecule has 1 heterocycles. The van der Waals surface area contributed by atoms with E-state index in [2.05, 4.69) is 43.4 Å². The zero-order valence-electron chi connectivity index (χ0n) is 12.1. The maximum absolute atomic E-state index is 9.73. The summed E-state index contributed by atoms with van der Waals surface area (Å²) in [5, 5.41) is 13.3. The lowest BCUT2D eigenvalue weighted by atomic mass is 9.89. The van der Waals surface area contributed by atoms with Gasteiger partial charge in [-0.15, -0.1) is 0 Å². The van der Waals surface area contributed by atoms with Crippen LogP contribution in [0.2, 0.25) is 0 Å². The Kier molecular flexibility index (Phi) is 3.49. The van der Waals surface area contributed by atoms with E-state index in [1.54, 1.807) is 6.07 Å². The first kappa shape index (κ1) is 13.2. The smallest absolute Gasteiger partial charge is 0.115 e. The molecule has 2 nitrogen and oxygen atoms in total. The maximum Gasteiger partial charge on any atom is 0.115 e. The fourth-order valence-corrected chi connectivity index (χ4v) is 3.23. The SMILES string of the molecule is Cc1cc(C)cc(CC2NCCc3ccc(O)cc32)c1. The highest BCUT2D eigenvalue weighted by Gasteiger charge is 2.20. The number of phenolic OH excluding ortho intramolecular Hbond substituents is 1. The average molecular weight is 267 g/mol. The van der Waals surface area contributed by atoms with Crippen molar-refractivity contribution in [3.05, 3.63) is 64.2 Å². The van der Waals surface area contributed by atoms with E-state index in [4.69, 9.17) is 0 Å². The van der Waals surface area contributed by atoms with Crippen molar-refractivity contribution in [2.24, 2.45) is 0 Å². The van der Waals surface area contributed by atoms with Crippen LogP contribution in [0.4, 0.5) is 0 Å². The second-order valence-electron chi connectivity index (χ2n) is 5.84. The highest BCUT2D eigenvalue weighted by molar-refractivity contribution is 5.40. The van der Waals surface area contributed by atoms with Gasteiger partial charge in [-0.3, -0.25) is 0 Å². The van der Waals surface area contributed by atoms with Gasteiger partial charge < -0.3 is 10.4 Å². The van der Waals surface area contributed by atoms with E-state index in [9.17, 15) is 5.11 Å². The Morgan fingerprint density at radius 3 is 2.60 bits per heavy atom. The van der Waals surface area contributed by atoms with E-state index in [0.717, 1.165) is 19.4 Å². The van der Waals surface area contributed by atoms with Gasteiger partial charge in [-0.1, -0.05) is 35.4 Å². The number of nitrogens with one attached hydrogen (secondary N) is 1. The molecule has 2 N–H and O–H groups in total. The Morgan fingerprint density at radius 1 is 1.10 bits per heavy atom. The molecule has 0 aromatic heterocycles. The number of benzene rings is 2. The summed E-state index contributed by atoms with van der Waals surface area (Å²) in [5.74, 6) is 0.359. The van der Waals surface area contributed by atoms with Crippen LogP contribution in [-0.2, 0) is 12.8 Å². The first-order valence-electron chi connectivity index (χ1n) is 7.24. The fourth-order valence-electron chi connectivity index (χ4n) is 3.23. The zero-order valence-corrected chi connectivity index (χ0v) is 12.1. The predicted octanol–water partition coefficient (Wildman–Crippen LogP) is 3.44. The van der Waals surface area contributed by atoms with Crippen LogP contribution in [0.1, 0.15) is 33.9 Å². The molecular formula is C18H21NO. The summed E-state index contributed by atoms with van der Waals surface area (Å²) in [7, 11) is 0. The molecule has 2 heteroatoms. The summed E-state index contributed by atoms with van der Waals surface area (Å²) in [4.78, 5) is 0. The Labute approximate surface area is 120 Å². The second-order valence-corrected chi connectivity index (χ2v) is 5.84. The van der Waals surface area contributed by atoms with E-state index in [0.29, 0.717) is 11.8 Å². The quantitative estimate of drug-likeness (QED) is 0.873. The van der Waals surface area contributed by atoms with Crippen molar-refractivity contribution in [1.82, 2.24) is 5.32 Å². The van der Waals surface area contributed by atoms with Crippen LogP contribution in [0.5, 0.6) is 5.75 Å². The van der Waals surface area contributed by atoms with Crippen molar-refractivity contribution in [3.8, 4) is 5.75 Å². The van der Waals surface area contributed by atoms with Crippen molar-refractivity contribution in [2.75, 3.05) is 6.54 Å². The Balaban J connectivity index is 1.91. The average Bonchev–Trinajstić information content (AvgIpc) is 2.38. The molecule has 0 radical (unpaired) electrons. The molecule has 1 aliphatic heterocycles. The number of hydrogen-bond acceptors (Lipinski definition) is 2. The molecule has 0 amide bonds. The second kappa shape index (κ2) is 5.29. The molecule has 1 aliphatic rings. The van der Waals surface area contributed by atoms with Gasteiger partial charge in [0.25, 0.3) is 0 Å². The van der Waals surface area contributed by atoms with Crippen molar-refractivity contribution >= 4 is 0 Å². The van der Waals surface area contributed by atoms with Crippen molar-refractivity contribution in [1.29, 1.82) is 0 Å². The van der Waals surface area contributed by atoms with Gasteiger partial charge in [0.1, 0.15) is 5.75 Å². The standard InChI is InChI=1S/C18H21NO/c1-12-7-13(2)9-14(8-12)10-18-17-11-16(20)4-3-15(17)5-6-19-18/h3-4,7-9,11,18-20H,5-6,10H2,1-2H3. The Hall–Kier alpha value is -1.80. The number of phenols is 1. The number of aryl methyl sites for hydroxylation is 2. The van der Waals surface area contributed by atoms with Crippen molar-refractivity contribution in [3.63, 3.8) is 0 Å². The van der Waals surface area contributed by atoms with E-state index in [1.165, 1.54) is 27.8 Å². The number of hydrogen-bond donors (Lipinski definition) is 2. The van der Waals surface area contributed by atoms with E-state index < -0.39 is 0 Å². The zero-order chi connectivity index (χ0) is 14.1. The third-order valence-corrected chi connectivity index (χ3v) is 4.01. The molecule has 0 saturated heterocycles. The number of aromatic hydroxyl groups is 1. The minimum absolute atomic E-state index is 0.298. The summed E-state index contributed by atoms with van der Waals surface area (Å²) < 4.78 is 0. The first-order chi connectivity index (χ1) is 9.61. The molecule has 2 aromatic carbocycles. The third kappa shape index (κ3) is 2.70. The van der Waals surface area contributed by atoms with E-state index in [1.807, 2.05) is 6.07 Å². The summed E-state index contributed by atoms with van der Waals surface area (Å²) in [6.07, 6.45) is 2.01. The normalized spacial score (nSPS) is 17.8. The van der Waals surface area contributed by atoms with Gasteiger partial charge in [0.2, 0.25) is 0 Å². The lowest BCUT2D eigenvalue weighted by molar-refractivity contribution is 0.463. The summed E-state index contributed by atoms with van der Waals surface area (Å²) in [6.45, 7) is 5.29. The van der Waals surface area contributed by atoms with Gasteiger partial charge in [0, 0.05) is 6.04 Å². The van der Waals surface area contributed by atoms with Gasteiger partial charge in [-0.05, 0) is 62.1 Å². The molecule has 1 unspecified atom stereocenters. The van der Waals surface area contributed by atoms with Crippen LogP contribution in [0, 0.1) is 13.8 Å². The Morgan fingerprint density at radius 2 is 1.85 bits per heavy atom. The van der Waals surface area contributed by atoms with Crippen LogP contribution >= 0.6 is 0 Å². The van der Waals surface area contributed by atoms with Gasteiger partial charge >= 0.3 is 0 Å². The highest BCUT2D eigenvalue weighted by Crippen LogP contribution is 2.29. The molecular weight excluding hydrogens is 246 g/mol. The molecule has 104 valence electrons. The monoisotopic (exact) mass is 267 g/mol. The van der Waals surface area contributed by atoms with Gasteiger partial charge in [0.05, 0.1) is 0 Å². The van der Waals surface area contributed by atoms with Crippen LogP contribution < -0.4 is 5.32 Å².